The lowest BCUT2D eigenvalue weighted by Crippen LogP contribution is -2.56. The minimum atomic E-state index is -0.432. The van der Waals surface area contributed by atoms with Gasteiger partial charge >= 0.3 is 6.09 Å². The SMILES string of the molecule is CN1CCN(C(=O)OC(C)(C)C)C[C@H]1CN. The van der Waals surface area contributed by atoms with Gasteiger partial charge in [0.1, 0.15) is 5.60 Å². The van der Waals surface area contributed by atoms with Crippen molar-refractivity contribution in [3.05, 3.63) is 0 Å². The lowest BCUT2D eigenvalue weighted by atomic mass is 10.2. The Bertz CT molecular complexity index is 250. The van der Waals surface area contributed by atoms with E-state index in [-0.39, 0.29) is 12.1 Å². The Labute approximate surface area is 97.5 Å². The Morgan fingerprint density at radius 1 is 1.44 bits per heavy atom. The summed E-state index contributed by atoms with van der Waals surface area (Å²) in [4.78, 5) is 15.7. The van der Waals surface area contributed by atoms with E-state index >= 15 is 0 Å². The highest BCUT2D eigenvalue weighted by Crippen LogP contribution is 2.13. The van der Waals surface area contributed by atoms with Crippen LogP contribution in [0, 0.1) is 0 Å². The molecule has 1 heterocycles. The fourth-order valence-electron chi connectivity index (χ4n) is 1.69. The van der Waals surface area contributed by atoms with Crippen molar-refractivity contribution in [3.8, 4) is 0 Å². The summed E-state index contributed by atoms with van der Waals surface area (Å²) in [5.74, 6) is 0. The molecule has 2 N–H and O–H groups in total. The first kappa shape index (κ1) is 13.3. The molecule has 5 heteroatoms. The molecule has 1 amide bonds. The molecule has 0 aliphatic carbocycles. The molecular weight excluding hydrogens is 206 g/mol. The Hall–Kier alpha value is -0.810. The van der Waals surface area contributed by atoms with Crippen LogP contribution in [0.25, 0.3) is 0 Å². The number of rotatable bonds is 1. The van der Waals surface area contributed by atoms with Crippen LogP contribution >= 0.6 is 0 Å². The van der Waals surface area contributed by atoms with E-state index in [1.807, 2.05) is 27.8 Å². The Balaban J connectivity index is 2.52. The van der Waals surface area contributed by atoms with Gasteiger partial charge in [0.05, 0.1) is 0 Å². The molecule has 94 valence electrons. The average molecular weight is 229 g/mol. The van der Waals surface area contributed by atoms with Crippen LogP contribution in [-0.2, 0) is 4.74 Å². The first-order chi connectivity index (χ1) is 7.33. The number of hydrogen-bond donors (Lipinski definition) is 1. The molecule has 0 unspecified atom stereocenters. The van der Waals surface area contributed by atoms with Crippen molar-refractivity contribution in [1.82, 2.24) is 9.80 Å². The van der Waals surface area contributed by atoms with Crippen molar-refractivity contribution in [2.75, 3.05) is 33.2 Å². The molecule has 1 atom stereocenters. The highest BCUT2D eigenvalue weighted by atomic mass is 16.6. The van der Waals surface area contributed by atoms with E-state index in [2.05, 4.69) is 4.90 Å². The molecule has 16 heavy (non-hydrogen) atoms. The highest BCUT2D eigenvalue weighted by molar-refractivity contribution is 5.68. The number of likely N-dealkylation sites (N-methyl/N-ethyl adjacent to an activating group) is 1. The van der Waals surface area contributed by atoms with E-state index in [0.29, 0.717) is 19.6 Å². The zero-order valence-electron chi connectivity index (χ0n) is 10.7. The van der Waals surface area contributed by atoms with Gasteiger partial charge in [-0.05, 0) is 27.8 Å². The summed E-state index contributed by atoms with van der Waals surface area (Å²) >= 11 is 0. The predicted octanol–water partition coefficient (Wildman–Crippen LogP) is 0.496. The zero-order valence-corrected chi connectivity index (χ0v) is 10.7. The topological polar surface area (TPSA) is 58.8 Å². The average Bonchev–Trinajstić information content (AvgIpc) is 2.15. The molecule has 5 nitrogen and oxygen atoms in total. The van der Waals surface area contributed by atoms with Gasteiger partial charge < -0.3 is 15.4 Å². The molecular formula is C11H23N3O2. The van der Waals surface area contributed by atoms with Crippen LogP contribution < -0.4 is 5.73 Å². The molecule has 0 aromatic rings. The molecule has 0 radical (unpaired) electrons. The number of piperazine rings is 1. The summed E-state index contributed by atoms with van der Waals surface area (Å²) in [5, 5.41) is 0. The third kappa shape index (κ3) is 3.64. The second-order valence-corrected chi connectivity index (χ2v) is 5.30. The maximum Gasteiger partial charge on any atom is 0.410 e. The maximum atomic E-state index is 11.8. The van der Waals surface area contributed by atoms with Crippen molar-refractivity contribution < 1.29 is 9.53 Å². The minimum absolute atomic E-state index is 0.237. The van der Waals surface area contributed by atoms with Gasteiger partial charge in [0.2, 0.25) is 0 Å². The van der Waals surface area contributed by atoms with Crippen molar-refractivity contribution in [1.29, 1.82) is 0 Å². The van der Waals surface area contributed by atoms with E-state index in [1.54, 1.807) is 4.90 Å². The van der Waals surface area contributed by atoms with Crippen LogP contribution in [0.5, 0.6) is 0 Å². The summed E-state index contributed by atoms with van der Waals surface area (Å²) in [6.45, 7) is 8.41. The van der Waals surface area contributed by atoms with Crippen molar-refractivity contribution in [2.24, 2.45) is 5.73 Å². The quantitative estimate of drug-likeness (QED) is 0.711. The Morgan fingerprint density at radius 2 is 2.06 bits per heavy atom. The number of hydrogen-bond acceptors (Lipinski definition) is 4. The molecule has 1 rings (SSSR count). The summed E-state index contributed by atoms with van der Waals surface area (Å²) in [7, 11) is 2.03. The van der Waals surface area contributed by atoms with Gasteiger partial charge in [-0.3, -0.25) is 4.90 Å². The number of carbonyl (C=O) groups excluding carboxylic acids is 1. The van der Waals surface area contributed by atoms with Crippen molar-refractivity contribution in [3.63, 3.8) is 0 Å². The van der Waals surface area contributed by atoms with Gasteiger partial charge in [0.25, 0.3) is 0 Å². The molecule has 0 aromatic heterocycles. The van der Waals surface area contributed by atoms with Gasteiger partial charge in [-0.25, -0.2) is 4.79 Å². The van der Waals surface area contributed by atoms with Crippen LogP contribution in [-0.4, -0.2) is 60.8 Å². The molecule has 0 saturated carbocycles. The Morgan fingerprint density at radius 3 is 2.56 bits per heavy atom. The van der Waals surface area contributed by atoms with Crippen molar-refractivity contribution in [2.45, 2.75) is 32.4 Å². The van der Waals surface area contributed by atoms with Gasteiger partial charge in [-0.15, -0.1) is 0 Å². The van der Waals surface area contributed by atoms with Crippen molar-refractivity contribution >= 4 is 6.09 Å². The molecule has 0 spiro atoms. The van der Waals surface area contributed by atoms with Crippen LogP contribution in [0.3, 0.4) is 0 Å². The highest BCUT2D eigenvalue weighted by Gasteiger charge is 2.29. The molecule has 1 fully saturated rings. The smallest absolute Gasteiger partial charge is 0.410 e. The van der Waals surface area contributed by atoms with Gasteiger partial charge in [-0.1, -0.05) is 0 Å². The lowest BCUT2D eigenvalue weighted by molar-refractivity contribution is 0.00849. The second-order valence-electron chi connectivity index (χ2n) is 5.30. The van der Waals surface area contributed by atoms with Gasteiger partial charge in [-0.2, -0.15) is 0 Å². The molecule has 0 aromatic carbocycles. The molecule has 1 aliphatic heterocycles. The predicted molar refractivity (Wildman–Crippen MR) is 63.3 cm³/mol. The largest absolute Gasteiger partial charge is 0.444 e. The normalized spacial score (nSPS) is 23.3. The second kappa shape index (κ2) is 5.01. The van der Waals surface area contributed by atoms with Crippen LogP contribution in [0.15, 0.2) is 0 Å². The standard InChI is InChI=1S/C11H23N3O2/c1-11(2,3)16-10(15)14-6-5-13(4)9(7-12)8-14/h9H,5-8,12H2,1-4H3/t9-/m1/s1. The minimum Gasteiger partial charge on any atom is -0.444 e. The number of carbonyl (C=O) groups is 1. The zero-order chi connectivity index (χ0) is 12.3. The fourth-order valence-corrected chi connectivity index (χ4v) is 1.69. The van der Waals surface area contributed by atoms with Gasteiger partial charge in [0.15, 0.2) is 0 Å². The number of ether oxygens (including phenoxy) is 1. The summed E-state index contributed by atoms with van der Waals surface area (Å²) in [5.41, 5.74) is 5.23. The summed E-state index contributed by atoms with van der Waals surface area (Å²) < 4.78 is 5.33. The van der Waals surface area contributed by atoms with Crippen LogP contribution in [0.4, 0.5) is 4.79 Å². The third-order valence-corrected chi connectivity index (χ3v) is 2.70. The first-order valence-corrected chi connectivity index (χ1v) is 5.71. The van der Waals surface area contributed by atoms with Crippen LogP contribution in [0.1, 0.15) is 20.8 Å². The van der Waals surface area contributed by atoms with Crippen LogP contribution in [0.2, 0.25) is 0 Å². The van der Waals surface area contributed by atoms with E-state index < -0.39 is 5.60 Å². The number of amides is 1. The summed E-state index contributed by atoms with van der Waals surface area (Å²) in [6.07, 6.45) is -0.237. The molecule has 1 aliphatic rings. The van der Waals surface area contributed by atoms with E-state index in [1.165, 1.54) is 0 Å². The fraction of sp³-hybridized carbons (Fsp3) is 0.909. The monoisotopic (exact) mass is 229 g/mol. The van der Waals surface area contributed by atoms with E-state index in [0.717, 1.165) is 6.54 Å². The van der Waals surface area contributed by atoms with E-state index in [4.69, 9.17) is 10.5 Å². The third-order valence-electron chi connectivity index (χ3n) is 2.70. The summed E-state index contributed by atoms with van der Waals surface area (Å²) in [6, 6.07) is 0.237. The maximum absolute atomic E-state index is 11.8. The first-order valence-electron chi connectivity index (χ1n) is 5.71. The van der Waals surface area contributed by atoms with E-state index in [9.17, 15) is 4.79 Å². The lowest BCUT2D eigenvalue weighted by Gasteiger charge is -2.39. The molecule has 0 bridgehead atoms. The van der Waals surface area contributed by atoms with Gasteiger partial charge in [0, 0.05) is 32.2 Å². The number of nitrogens with zero attached hydrogens (tertiary/aromatic N) is 2. The molecule has 1 saturated heterocycles. The number of nitrogens with two attached hydrogens (primary N) is 1. The Kier molecular flexibility index (Phi) is 4.15.